The third kappa shape index (κ3) is 4.03. The van der Waals surface area contributed by atoms with E-state index in [1.165, 1.54) is 0 Å². The predicted octanol–water partition coefficient (Wildman–Crippen LogP) is 2.22. The fourth-order valence-electron chi connectivity index (χ4n) is 4.87. The summed E-state index contributed by atoms with van der Waals surface area (Å²) in [5.41, 5.74) is 2.06. The molecule has 0 spiro atoms. The fraction of sp³-hybridized carbons (Fsp3) is 0.565. The minimum Gasteiger partial charge on any atom is -0.353 e. The summed E-state index contributed by atoms with van der Waals surface area (Å²) < 4.78 is 0. The van der Waals surface area contributed by atoms with Gasteiger partial charge in [-0.3, -0.25) is 24.5 Å². The summed E-state index contributed by atoms with van der Waals surface area (Å²) >= 11 is 0. The minimum absolute atomic E-state index is 0.0416. The largest absolute Gasteiger partial charge is 0.353 e. The molecule has 30 heavy (non-hydrogen) atoms. The number of hydrogen-bond donors (Lipinski definition) is 1. The van der Waals surface area contributed by atoms with Crippen LogP contribution < -0.4 is 5.32 Å². The molecule has 2 aliphatic heterocycles. The Balaban J connectivity index is 1.19. The molecule has 0 bridgehead atoms. The van der Waals surface area contributed by atoms with Crippen LogP contribution in [0.1, 0.15) is 48.9 Å². The molecule has 0 radical (unpaired) electrons. The third-order valence-electron chi connectivity index (χ3n) is 6.74. The van der Waals surface area contributed by atoms with Gasteiger partial charge in [-0.2, -0.15) is 0 Å². The summed E-state index contributed by atoms with van der Waals surface area (Å²) in [5.74, 6) is 0.403. The molecule has 3 heterocycles. The molecule has 1 saturated carbocycles. The number of carbonyl (C=O) groups is 2. The second kappa shape index (κ2) is 8.30. The fourth-order valence-corrected chi connectivity index (χ4v) is 4.87. The Morgan fingerprint density at radius 3 is 2.57 bits per heavy atom. The zero-order chi connectivity index (χ0) is 20.5. The maximum absolute atomic E-state index is 13.1. The SMILES string of the molecule is O=C(NC1CC1)[C@@H]1CCCN(C2CCN(C(=O)c3cccc4nccnc34)CC2)C1. The topological polar surface area (TPSA) is 78.4 Å². The van der Waals surface area contributed by atoms with Gasteiger partial charge in [-0.15, -0.1) is 0 Å². The smallest absolute Gasteiger partial charge is 0.256 e. The number of amides is 2. The zero-order valence-electron chi connectivity index (χ0n) is 17.3. The molecule has 5 rings (SSSR count). The van der Waals surface area contributed by atoms with E-state index >= 15 is 0 Å². The lowest BCUT2D eigenvalue weighted by Crippen LogP contribution is -2.51. The number of benzene rings is 1. The predicted molar refractivity (Wildman–Crippen MR) is 114 cm³/mol. The first-order chi connectivity index (χ1) is 14.7. The molecular formula is C23H29N5O2. The number of para-hydroxylation sites is 1. The Bertz CT molecular complexity index is 931. The number of hydrogen-bond acceptors (Lipinski definition) is 5. The number of fused-ring (bicyclic) bond motifs is 1. The van der Waals surface area contributed by atoms with E-state index in [2.05, 4.69) is 20.2 Å². The monoisotopic (exact) mass is 407 g/mol. The Labute approximate surface area is 176 Å². The van der Waals surface area contributed by atoms with Gasteiger partial charge in [0.05, 0.1) is 17.0 Å². The van der Waals surface area contributed by atoms with E-state index in [1.54, 1.807) is 12.4 Å². The third-order valence-corrected chi connectivity index (χ3v) is 6.74. The van der Waals surface area contributed by atoms with Gasteiger partial charge >= 0.3 is 0 Å². The molecule has 2 aromatic rings. The number of nitrogens with one attached hydrogen (secondary N) is 1. The normalized spacial score (nSPS) is 23.5. The first-order valence-electron chi connectivity index (χ1n) is 11.2. The van der Waals surface area contributed by atoms with Gasteiger partial charge in [0.15, 0.2) is 0 Å². The molecule has 1 atom stereocenters. The second-order valence-electron chi connectivity index (χ2n) is 8.87. The Kier molecular flexibility index (Phi) is 5.37. The highest BCUT2D eigenvalue weighted by molar-refractivity contribution is 6.04. The lowest BCUT2D eigenvalue weighted by molar-refractivity contribution is -0.127. The Morgan fingerprint density at radius 1 is 0.967 bits per heavy atom. The molecular weight excluding hydrogens is 378 g/mol. The van der Waals surface area contributed by atoms with Crippen LogP contribution in [0.15, 0.2) is 30.6 Å². The van der Waals surface area contributed by atoms with E-state index < -0.39 is 0 Å². The first kappa shape index (κ1) is 19.4. The van der Waals surface area contributed by atoms with Crippen LogP contribution >= 0.6 is 0 Å². The van der Waals surface area contributed by atoms with Gasteiger partial charge in [-0.05, 0) is 57.2 Å². The molecule has 3 fully saturated rings. The van der Waals surface area contributed by atoms with Crippen molar-refractivity contribution < 1.29 is 9.59 Å². The summed E-state index contributed by atoms with van der Waals surface area (Å²) in [5, 5.41) is 3.17. The number of aromatic nitrogens is 2. The molecule has 7 heteroatoms. The highest BCUT2D eigenvalue weighted by atomic mass is 16.2. The van der Waals surface area contributed by atoms with E-state index in [0.717, 1.165) is 70.2 Å². The molecule has 2 amide bonds. The van der Waals surface area contributed by atoms with E-state index in [-0.39, 0.29) is 17.7 Å². The van der Waals surface area contributed by atoms with Gasteiger partial charge in [-0.1, -0.05) is 6.07 Å². The summed E-state index contributed by atoms with van der Waals surface area (Å²) in [6.45, 7) is 3.41. The summed E-state index contributed by atoms with van der Waals surface area (Å²) in [6, 6.07) is 6.49. The van der Waals surface area contributed by atoms with Crippen LogP contribution in [-0.4, -0.2) is 69.8 Å². The summed E-state index contributed by atoms with van der Waals surface area (Å²) in [4.78, 5) is 38.7. The number of carbonyl (C=O) groups excluding carboxylic acids is 2. The zero-order valence-corrected chi connectivity index (χ0v) is 17.3. The standard InChI is InChI=1S/C23H29N5O2/c29-22(26-17-6-7-17)16-3-2-12-28(15-16)18-8-13-27(14-9-18)23(30)19-4-1-5-20-21(19)25-11-10-24-20/h1,4-5,10-11,16-18H,2-3,6-9,12-15H2,(H,26,29)/t16-/m1/s1. The number of likely N-dealkylation sites (tertiary alicyclic amines) is 2. The highest BCUT2D eigenvalue weighted by Gasteiger charge is 2.34. The maximum Gasteiger partial charge on any atom is 0.256 e. The molecule has 1 aromatic carbocycles. The molecule has 1 aliphatic carbocycles. The van der Waals surface area contributed by atoms with Crippen LogP contribution in [0.5, 0.6) is 0 Å². The van der Waals surface area contributed by atoms with E-state index in [1.807, 2.05) is 23.1 Å². The average Bonchev–Trinajstić information content (AvgIpc) is 3.62. The summed E-state index contributed by atoms with van der Waals surface area (Å²) in [6.07, 6.45) is 9.55. The van der Waals surface area contributed by atoms with Crippen molar-refractivity contribution in [3.8, 4) is 0 Å². The van der Waals surface area contributed by atoms with Crippen molar-refractivity contribution >= 4 is 22.8 Å². The molecule has 1 aromatic heterocycles. The van der Waals surface area contributed by atoms with Crippen LogP contribution in [0.25, 0.3) is 11.0 Å². The van der Waals surface area contributed by atoms with Crippen LogP contribution in [0.3, 0.4) is 0 Å². The van der Waals surface area contributed by atoms with Crippen molar-refractivity contribution in [2.75, 3.05) is 26.2 Å². The van der Waals surface area contributed by atoms with Gasteiger partial charge in [0.25, 0.3) is 5.91 Å². The first-order valence-corrected chi connectivity index (χ1v) is 11.2. The molecule has 7 nitrogen and oxygen atoms in total. The van der Waals surface area contributed by atoms with Crippen LogP contribution in [0.4, 0.5) is 0 Å². The second-order valence-corrected chi connectivity index (χ2v) is 8.87. The minimum atomic E-state index is 0.0416. The van der Waals surface area contributed by atoms with Crippen molar-refractivity contribution in [2.24, 2.45) is 5.92 Å². The van der Waals surface area contributed by atoms with E-state index in [9.17, 15) is 9.59 Å². The van der Waals surface area contributed by atoms with E-state index in [0.29, 0.717) is 23.2 Å². The van der Waals surface area contributed by atoms with Crippen molar-refractivity contribution in [2.45, 2.75) is 50.6 Å². The molecule has 0 unspecified atom stereocenters. The van der Waals surface area contributed by atoms with Crippen LogP contribution in [0, 0.1) is 5.92 Å². The van der Waals surface area contributed by atoms with Gasteiger partial charge in [-0.25, -0.2) is 0 Å². The summed E-state index contributed by atoms with van der Waals surface area (Å²) in [7, 11) is 0. The number of nitrogens with zero attached hydrogens (tertiary/aromatic N) is 4. The van der Waals surface area contributed by atoms with Gasteiger partial charge in [0.2, 0.25) is 5.91 Å². The van der Waals surface area contributed by atoms with Crippen LogP contribution in [-0.2, 0) is 4.79 Å². The lowest BCUT2D eigenvalue weighted by Gasteiger charge is -2.42. The Hall–Kier alpha value is -2.54. The van der Waals surface area contributed by atoms with Crippen LogP contribution in [0.2, 0.25) is 0 Å². The molecule has 158 valence electrons. The lowest BCUT2D eigenvalue weighted by atomic mass is 9.93. The van der Waals surface area contributed by atoms with E-state index in [4.69, 9.17) is 0 Å². The maximum atomic E-state index is 13.1. The van der Waals surface area contributed by atoms with Gasteiger partial charge in [0, 0.05) is 44.1 Å². The number of rotatable bonds is 4. The molecule has 2 saturated heterocycles. The highest BCUT2D eigenvalue weighted by Crippen LogP contribution is 2.27. The van der Waals surface area contributed by atoms with Crippen molar-refractivity contribution in [3.63, 3.8) is 0 Å². The quantitative estimate of drug-likeness (QED) is 0.841. The van der Waals surface area contributed by atoms with Crippen molar-refractivity contribution in [1.29, 1.82) is 0 Å². The van der Waals surface area contributed by atoms with Gasteiger partial charge < -0.3 is 10.2 Å². The molecule has 1 N–H and O–H groups in total. The van der Waals surface area contributed by atoms with Gasteiger partial charge in [0.1, 0.15) is 5.52 Å². The Morgan fingerprint density at radius 2 is 1.77 bits per heavy atom. The average molecular weight is 408 g/mol. The number of piperidine rings is 2. The van der Waals surface area contributed by atoms with Crippen molar-refractivity contribution in [3.05, 3.63) is 36.2 Å². The van der Waals surface area contributed by atoms with Crippen molar-refractivity contribution in [1.82, 2.24) is 25.1 Å². The molecule has 3 aliphatic rings.